The Hall–Kier alpha value is -1.55. The van der Waals surface area contributed by atoms with Crippen LogP contribution < -0.4 is 10.6 Å². The van der Waals surface area contributed by atoms with Gasteiger partial charge in [-0.15, -0.1) is 0 Å². The maximum Gasteiger partial charge on any atom is 0.303 e. The molecule has 1 aromatic rings. The first-order chi connectivity index (χ1) is 9.65. The van der Waals surface area contributed by atoms with Crippen molar-refractivity contribution in [3.8, 4) is 0 Å². The van der Waals surface area contributed by atoms with Gasteiger partial charge in [0.2, 0.25) is 0 Å². The molecule has 0 aliphatic heterocycles. The molecule has 0 radical (unpaired) electrons. The van der Waals surface area contributed by atoms with E-state index in [1.165, 1.54) is 11.3 Å². The highest BCUT2D eigenvalue weighted by Gasteiger charge is 2.09. The summed E-state index contributed by atoms with van der Waals surface area (Å²) < 4.78 is 0. The summed E-state index contributed by atoms with van der Waals surface area (Å²) >= 11 is 0. The van der Waals surface area contributed by atoms with Gasteiger partial charge < -0.3 is 15.7 Å². The van der Waals surface area contributed by atoms with Crippen molar-refractivity contribution in [2.45, 2.75) is 46.6 Å². The van der Waals surface area contributed by atoms with E-state index < -0.39 is 5.97 Å². The Labute approximate surface area is 129 Å². The lowest BCUT2D eigenvalue weighted by Gasteiger charge is -2.16. The van der Waals surface area contributed by atoms with E-state index in [2.05, 4.69) is 37.8 Å². The molecule has 3 N–H and O–H groups in total. The number of carboxylic acids is 1. The lowest BCUT2D eigenvalue weighted by molar-refractivity contribution is -0.137. The zero-order valence-electron chi connectivity index (χ0n) is 14.0. The minimum atomic E-state index is -0.691. The second-order valence-electron chi connectivity index (χ2n) is 6.58. The molecule has 0 aliphatic carbocycles. The maximum absolute atomic E-state index is 10.1. The predicted molar refractivity (Wildman–Crippen MR) is 89.6 cm³/mol. The average Bonchev–Trinajstić information content (AvgIpc) is 2.37. The topological polar surface area (TPSA) is 66.6 Å². The molecule has 4 nitrogen and oxygen atoms in total. The minimum absolute atomic E-state index is 0.273. The molecule has 1 aromatic carbocycles. The van der Waals surface area contributed by atoms with Crippen molar-refractivity contribution in [1.82, 2.24) is 0 Å². The van der Waals surface area contributed by atoms with Crippen LogP contribution in [0.5, 0.6) is 0 Å². The van der Waals surface area contributed by atoms with Crippen LogP contribution in [0.15, 0.2) is 24.3 Å². The molecule has 0 fully saturated rings. The van der Waals surface area contributed by atoms with Crippen molar-refractivity contribution in [2.24, 2.45) is 11.1 Å². The van der Waals surface area contributed by atoms with E-state index in [9.17, 15) is 4.79 Å². The number of rotatable bonds is 5. The zero-order valence-corrected chi connectivity index (χ0v) is 14.0. The molecule has 0 unspecified atom stereocenters. The fourth-order valence-electron chi connectivity index (χ4n) is 1.73. The Kier molecular flexibility index (Phi) is 8.70. The second kappa shape index (κ2) is 9.40. The molecule has 0 aliphatic rings. The van der Waals surface area contributed by atoms with Gasteiger partial charge in [-0.05, 0) is 36.0 Å². The molecule has 1 rings (SSSR count). The fourth-order valence-corrected chi connectivity index (χ4v) is 1.73. The van der Waals surface area contributed by atoms with Crippen LogP contribution in [0.25, 0.3) is 0 Å². The van der Waals surface area contributed by atoms with Crippen molar-refractivity contribution in [3.05, 3.63) is 29.8 Å². The van der Waals surface area contributed by atoms with Gasteiger partial charge in [-0.1, -0.05) is 32.9 Å². The molecule has 0 saturated carbocycles. The first-order valence-electron chi connectivity index (χ1n) is 7.34. The zero-order chi connectivity index (χ0) is 16.5. The summed E-state index contributed by atoms with van der Waals surface area (Å²) in [5.41, 5.74) is 8.15. The molecule has 120 valence electrons. The SMILES string of the molecule is CC(C)(C)CCCC(=O)O.CN(C)c1cccc(CN)c1. The number of benzene rings is 1. The number of anilines is 1. The number of carbonyl (C=O) groups is 1. The molecule has 21 heavy (non-hydrogen) atoms. The van der Waals surface area contributed by atoms with Crippen LogP contribution >= 0.6 is 0 Å². The highest BCUT2D eigenvalue weighted by atomic mass is 16.4. The van der Waals surface area contributed by atoms with Crippen molar-refractivity contribution in [2.75, 3.05) is 19.0 Å². The van der Waals surface area contributed by atoms with Crippen molar-refractivity contribution in [1.29, 1.82) is 0 Å². The van der Waals surface area contributed by atoms with E-state index in [-0.39, 0.29) is 5.41 Å². The Bertz CT molecular complexity index is 423. The number of nitrogens with zero attached hydrogens (tertiary/aromatic N) is 1. The second-order valence-corrected chi connectivity index (χ2v) is 6.58. The van der Waals surface area contributed by atoms with Crippen LogP contribution in [0.1, 0.15) is 45.6 Å². The van der Waals surface area contributed by atoms with Crippen molar-refractivity contribution >= 4 is 11.7 Å². The quantitative estimate of drug-likeness (QED) is 0.872. The van der Waals surface area contributed by atoms with Crippen LogP contribution in [0, 0.1) is 5.41 Å². The standard InChI is InChI=1S/C9H14N2.C8H16O2/c1-11(2)9-5-3-4-8(6-9)7-10;1-8(2,3)6-4-5-7(9)10/h3-6H,7,10H2,1-2H3;4-6H2,1-3H3,(H,9,10). The van der Waals surface area contributed by atoms with Crippen LogP contribution in [-0.2, 0) is 11.3 Å². The van der Waals surface area contributed by atoms with E-state index in [1.54, 1.807) is 0 Å². The number of aliphatic carboxylic acids is 1. The Balaban J connectivity index is 0.000000384. The van der Waals surface area contributed by atoms with Gasteiger partial charge in [0, 0.05) is 32.7 Å². The monoisotopic (exact) mass is 294 g/mol. The third-order valence-corrected chi connectivity index (χ3v) is 2.98. The van der Waals surface area contributed by atoms with Crippen molar-refractivity contribution < 1.29 is 9.90 Å². The third-order valence-electron chi connectivity index (χ3n) is 2.98. The molecular formula is C17H30N2O2. The van der Waals surface area contributed by atoms with Gasteiger partial charge in [-0.3, -0.25) is 4.79 Å². The van der Waals surface area contributed by atoms with Crippen molar-refractivity contribution in [3.63, 3.8) is 0 Å². The summed E-state index contributed by atoms with van der Waals surface area (Å²) in [4.78, 5) is 12.2. The normalized spacial score (nSPS) is 10.6. The molecule has 0 amide bonds. The summed E-state index contributed by atoms with van der Waals surface area (Å²) in [6.07, 6.45) is 2.08. The molecule has 0 atom stereocenters. The molecule has 0 bridgehead atoms. The first-order valence-corrected chi connectivity index (χ1v) is 7.34. The lowest BCUT2D eigenvalue weighted by atomic mass is 9.90. The number of carboxylic acid groups (broad SMARTS) is 1. The highest BCUT2D eigenvalue weighted by molar-refractivity contribution is 5.66. The van der Waals surface area contributed by atoms with Gasteiger partial charge in [0.15, 0.2) is 0 Å². The van der Waals surface area contributed by atoms with Crippen LogP contribution in [0.4, 0.5) is 5.69 Å². The summed E-state index contributed by atoms with van der Waals surface area (Å²) in [5.74, 6) is -0.691. The minimum Gasteiger partial charge on any atom is -0.481 e. The molecule has 0 aromatic heterocycles. The van der Waals surface area contributed by atoms with E-state index in [0.29, 0.717) is 13.0 Å². The largest absolute Gasteiger partial charge is 0.481 e. The van der Waals surface area contributed by atoms with Gasteiger partial charge >= 0.3 is 5.97 Å². The number of hydrogen-bond donors (Lipinski definition) is 2. The summed E-state index contributed by atoms with van der Waals surface area (Å²) in [5, 5.41) is 8.31. The highest BCUT2D eigenvalue weighted by Crippen LogP contribution is 2.21. The summed E-state index contributed by atoms with van der Waals surface area (Å²) in [7, 11) is 4.05. The van der Waals surface area contributed by atoms with Gasteiger partial charge in [-0.25, -0.2) is 0 Å². The molecule has 4 heteroatoms. The molecular weight excluding hydrogens is 264 g/mol. The first kappa shape index (κ1) is 19.4. The smallest absolute Gasteiger partial charge is 0.303 e. The van der Waals surface area contributed by atoms with E-state index in [4.69, 9.17) is 10.8 Å². The van der Waals surface area contributed by atoms with Crippen LogP contribution in [0.2, 0.25) is 0 Å². The van der Waals surface area contributed by atoms with Gasteiger partial charge in [-0.2, -0.15) is 0 Å². The fraction of sp³-hybridized carbons (Fsp3) is 0.588. The number of nitrogens with two attached hydrogens (primary N) is 1. The third kappa shape index (κ3) is 10.9. The van der Waals surface area contributed by atoms with E-state index in [0.717, 1.165) is 12.8 Å². The summed E-state index contributed by atoms with van der Waals surface area (Å²) in [6.45, 7) is 6.97. The Morgan fingerprint density at radius 2 is 1.90 bits per heavy atom. The van der Waals surface area contributed by atoms with Gasteiger partial charge in [0.05, 0.1) is 0 Å². The maximum atomic E-state index is 10.1. The van der Waals surface area contributed by atoms with E-state index in [1.807, 2.05) is 26.2 Å². The van der Waals surface area contributed by atoms with Crippen LogP contribution in [0.3, 0.4) is 0 Å². The molecule has 0 spiro atoms. The lowest BCUT2D eigenvalue weighted by Crippen LogP contribution is -2.09. The van der Waals surface area contributed by atoms with Gasteiger partial charge in [0.25, 0.3) is 0 Å². The summed E-state index contributed by atoms with van der Waals surface area (Å²) in [6, 6.07) is 8.23. The molecule has 0 saturated heterocycles. The van der Waals surface area contributed by atoms with Gasteiger partial charge in [0.1, 0.15) is 0 Å². The predicted octanol–water partition coefficient (Wildman–Crippen LogP) is 3.50. The van der Waals surface area contributed by atoms with Crippen LogP contribution in [-0.4, -0.2) is 25.2 Å². The average molecular weight is 294 g/mol. The van der Waals surface area contributed by atoms with E-state index >= 15 is 0 Å². The Morgan fingerprint density at radius 3 is 2.33 bits per heavy atom. The molecule has 0 heterocycles. The Morgan fingerprint density at radius 1 is 1.29 bits per heavy atom. The number of hydrogen-bond acceptors (Lipinski definition) is 3.